The van der Waals surface area contributed by atoms with Crippen molar-refractivity contribution in [2.75, 3.05) is 6.61 Å². The lowest BCUT2D eigenvalue weighted by molar-refractivity contribution is 0.0681. The van der Waals surface area contributed by atoms with Gasteiger partial charge >= 0.3 is 0 Å². The fourth-order valence-corrected chi connectivity index (χ4v) is 5.13. The van der Waals surface area contributed by atoms with Crippen LogP contribution in [0.4, 0.5) is 0 Å². The van der Waals surface area contributed by atoms with Crippen molar-refractivity contribution in [2.45, 2.75) is 84.6 Å². The van der Waals surface area contributed by atoms with Gasteiger partial charge in [-0.2, -0.15) is 0 Å². The molecule has 2 aromatic rings. The number of imidazole rings is 1. The largest absolute Gasteiger partial charge is 0.410 e. The van der Waals surface area contributed by atoms with Crippen molar-refractivity contribution < 1.29 is 9.16 Å². The molecular weight excluding hydrogens is 392 g/mol. The lowest BCUT2D eigenvalue weighted by Gasteiger charge is -2.43. The molecule has 1 aromatic heterocycles. The first-order valence-corrected chi connectivity index (χ1v) is 13.6. The van der Waals surface area contributed by atoms with Gasteiger partial charge in [-0.1, -0.05) is 51.1 Å². The van der Waals surface area contributed by atoms with Crippen LogP contribution in [-0.4, -0.2) is 30.1 Å². The van der Waals surface area contributed by atoms with Gasteiger partial charge in [0, 0.05) is 12.2 Å². The maximum absolute atomic E-state index is 6.80. The Labute approximate surface area is 183 Å². The third-order valence-corrected chi connectivity index (χ3v) is 10.4. The number of rotatable bonds is 9. The van der Waals surface area contributed by atoms with E-state index in [0.29, 0.717) is 25.5 Å². The van der Waals surface area contributed by atoms with Gasteiger partial charge in [-0.3, -0.25) is 0 Å². The van der Waals surface area contributed by atoms with Gasteiger partial charge < -0.3 is 25.2 Å². The van der Waals surface area contributed by atoms with Crippen LogP contribution >= 0.6 is 0 Å². The number of aromatic nitrogens is 2. The molecule has 0 aliphatic rings. The molecule has 30 heavy (non-hydrogen) atoms. The highest BCUT2D eigenvalue weighted by atomic mass is 28.4. The minimum absolute atomic E-state index is 0.125. The Kier molecular flexibility index (Phi) is 7.69. The zero-order chi connectivity index (χ0) is 22.7. The Morgan fingerprint density at radius 3 is 2.17 bits per heavy atom. The van der Waals surface area contributed by atoms with Crippen LogP contribution in [0.1, 0.15) is 59.2 Å². The Balaban J connectivity index is 2.56. The zero-order valence-corrected chi connectivity index (χ0v) is 21.0. The molecule has 0 saturated heterocycles. The summed E-state index contributed by atoms with van der Waals surface area (Å²) in [6.07, 6.45) is -0.675. The summed E-state index contributed by atoms with van der Waals surface area (Å²) in [6, 6.07) is 10.1. The predicted octanol–water partition coefficient (Wildman–Crippen LogP) is 4.80. The molecule has 1 aromatic carbocycles. The highest BCUT2D eigenvalue weighted by molar-refractivity contribution is 6.74. The molecule has 6 nitrogen and oxygen atoms in total. The van der Waals surface area contributed by atoms with Crippen LogP contribution in [0.5, 0.6) is 0 Å². The van der Waals surface area contributed by atoms with Crippen molar-refractivity contribution in [3.63, 3.8) is 0 Å². The Bertz CT molecular complexity index is 824. The van der Waals surface area contributed by atoms with E-state index in [4.69, 9.17) is 25.6 Å². The van der Waals surface area contributed by atoms with E-state index in [-0.39, 0.29) is 5.04 Å². The Morgan fingerprint density at radius 1 is 1.07 bits per heavy atom. The second-order valence-electron chi connectivity index (χ2n) is 10.00. The third kappa shape index (κ3) is 5.80. The van der Waals surface area contributed by atoms with Crippen LogP contribution in [0.2, 0.25) is 18.1 Å². The highest BCUT2D eigenvalue weighted by Crippen LogP contribution is 2.40. The van der Waals surface area contributed by atoms with Gasteiger partial charge in [0.1, 0.15) is 12.4 Å². The molecule has 0 aliphatic heterocycles. The highest BCUT2D eigenvalue weighted by Gasteiger charge is 2.42. The smallest absolute Gasteiger partial charge is 0.192 e. The number of hydrogen-bond acceptors (Lipinski definition) is 5. The SMILES string of the molecule is CCOCc1nc(C(N)N)c(-c2ccccc2)n1CC(C)(C)O[Si](C)(C)C(C)(C)C. The maximum Gasteiger partial charge on any atom is 0.192 e. The van der Waals surface area contributed by atoms with E-state index in [1.54, 1.807) is 0 Å². The van der Waals surface area contributed by atoms with Gasteiger partial charge in [0.05, 0.1) is 29.7 Å². The summed E-state index contributed by atoms with van der Waals surface area (Å²) >= 11 is 0. The predicted molar refractivity (Wildman–Crippen MR) is 126 cm³/mol. The molecule has 0 bridgehead atoms. The van der Waals surface area contributed by atoms with E-state index >= 15 is 0 Å². The first-order valence-electron chi connectivity index (χ1n) is 10.7. The summed E-state index contributed by atoms with van der Waals surface area (Å²) in [5.41, 5.74) is 14.5. The van der Waals surface area contributed by atoms with Gasteiger partial charge in [-0.05, 0) is 38.9 Å². The van der Waals surface area contributed by atoms with Gasteiger partial charge in [-0.15, -0.1) is 0 Å². The molecule has 0 spiro atoms. The molecule has 7 heteroatoms. The number of ether oxygens (including phenoxy) is 1. The molecule has 0 fully saturated rings. The van der Waals surface area contributed by atoms with Crippen LogP contribution in [0.25, 0.3) is 11.3 Å². The van der Waals surface area contributed by atoms with E-state index in [1.165, 1.54) is 0 Å². The molecule has 0 aliphatic carbocycles. The van der Waals surface area contributed by atoms with Crippen LogP contribution in [0.15, 0.2) is 30.3 Å². The number of nitrogens with two attached hydrogens (primary N) is 2. The number of nitrogens with zero attached hydrogens (tertiary/aromatic N) is 2. The van der Waals surface area contributed by atoms with Gasteiger partial charge in [0.25, 0.3) is 0 Å². The Morgan fingerprint density at radius 2 is 1.67 bits per heavy atom. The normalized spacial score (nSPS) is 13.3. The van der Waals surface area contributed by atoms with Crippen molar-refractivity contribution in [1.29, 1.82) is 0 Å². The molecular formula is C23H40N4O2Si. The van der Waals surface area contributed by atoms with Crippen molar-refractivity contribution >= 4 is 8.32 Å². The van der Waals surface area contributed by atoms with E-state index in [2.05, 4.69) is 64.4 Å². The van der Waals surface area contributed by atoms with Crippen molar-refractivity contribution in [1.82, 2.24) is 9.55 Å². The zero-order valence-electron chi connectivity index (χ0n) is 20.0. The van der Waals surface area contributed by atoms with Crippen molar-refractivity contribution in [3.05, 3.63) is 41.9 Å². The lowest BCUT2D eigenvalue weighted by Crippen LogP contribution is -2.49. The van der Waals surface area contributed by atoms with Crippen LogP contribution < -0.4 is 11.5 Å². The average molecular weight is 433 g/mol. The summed E-state index contributed by atoms with van der Waals surface area (Å²) in [4.78, 5) is 4.80. The maximum atomic E-state index is 6.80. The van der Waals surface area contributed by atoms with Crippen molar-refractivity contribution in [3.8, 4) is 11.3 Å². The number of hydrogen-bond donors (Lipinski definition) is 2. The van der Waals surface area contributed by atoms with Crippen LogP contribution in [-0.2, 0) is 22.3 Å². The molecule has 0 saturated carbocycles. The molecule has 4 N–H and O–H groups in total. The summed E-state index contributed by atoms with van der Waals surface area (Å²) in [5, 5.41) is 0.125. The molecule has 168 valence electrons. The molecule has 0 atom stereocenters. The van der Waals surface area contributed by atoms with E-state index in [9.17, 15) is 0 Å². The third-order valence-electron chi connectivity index (χ3n) is 5.75. The minimum atomic E-state index is -1.96. The summed E-state index contributed by atoms with van der Waals surface area (Å²) in [6.45, 7) is 19.3. The molecule has 0 amide bonds. The van der Waals surface area contributed by atoms with Gasteiger partial charge in [0.2, 0.25) is 0 Å². The molecule has 0 unspecified atom stereocenters. The first kappa shape index (κ1) is 24.8. The topological polar surface area (TPSA) is 88.3 Å². The van der Waals surface area contributed by atoms with E-state index < -0.39 is 20.1 Å². The fourth-order valence-electron chi connectivity index (χ4n) is 3.38. The molecule has 2 rings (SSSR count). The summed E-state index contributed by atoms with van der Waals surface area (Å²) < 4.78 is 14.7. The van der Waals surface area contributed by atoms with Crippen LogP contribution in [0.3, 0.4) is 0 Å². The molecule has 0 radical (unpaired) electrons. The minimum Gasteiger partial charge on any atom is -0.410 e. The quantitative estimate of drug-likeness (QED) is 0.439. The average Bonchev–Trinajstić information content (AvgIpc) is 2.96. The second kappa shape index (κ2) is 9.32. The number of benzene rings is 1. The van der Waals surface area contributed by atoms with Crippen LogP contribution in [0, 0.1) is 0 Å². The standard InChI is InChI=1S/C23H40N4O2Si/c1-9-28-15-18-26-19(21(24)25)20(17-13-11-10-12-14-17)27(18)16-23(5,6)29-30(7,8)22(2,3)4/h10-14,21H,9,15-16,24-25H2,1-8H3. The Hall–Kier alpha value is -1.51. The second-order valence-corrected chi connectivity index (χ2v) is 14.7. The van der Waals surface area contributed by atoms with Gasteiger partial charge in [0.15, 0.2) is 8.32 Å². The summed E-state index contributed by atoms with van der Waals surface area (Å²) in [7, 11) is -1.96. The fraction of sp³-hybridized carbons (Fsp3) is 0.609. The monoisotopic (exact) mass is 432 g/mol. The van der Waals surface area contributed by atoms with Crippen molar-refractivity contribution in [2.24, 2.45) is 11.5 Å². The first-order chi connectivity index (χ1) is 13.8. The van der Waals surface area contributed by atoms with Gasteiger partial charge in [-0.25, -0.2) is 4.98 Å². The van der Waals surface area contributed by atoms with E-state index in [1.807, 2.05) is 25.1 Å². The van der Waals surface area contributed by atoms with E-state index in [0.717, 1.165) is 17.1 Å². The summed E-state index contributed by atoms with van der Waals surface area (Å²) in [5.74, 6) is 0.818. The molecule has 1 heterocycles. The lowest BCUT2D eigenvalue weighted by atomic mass is 10.1.